The number of hydrogen-bond acceptors (Lipinski definition) is 2. The average Bonchev–Trinajstić information content (AvgIpc) is 2.20. The van der Waals surface area contributed by atoms with E-state index in [9.17, 15) is 0 Å². The molecule has 0 radical (unpaired) electrons. The molecule has 0 saturated carbocycles. The first-order valence-corrected chi connectivity index (χ1v) is 7.33. The van der Waals surface area contributed by atoms with E-state index >= 15 is 0 Å². The van der Waals surface area contributed by atoms with Crippen molar-refractivity contribution >= 4 is 12.6 Å². The summed E-state index contributed by atoms with van der Waals surface area (Å²) in [5.41, 5.74) is 0. The summed E-state index contributed by atoms with van der Waals surface area (Å²) in [5, 5.41) is 0. The first-order valence-electron chi connectivity index (χ1n) is 6.70. The van der Waals surface area contributed by atoms with Crippen molar-refractivity contribution in [2.24, 2.45) is 5.92 Å². The molecule has 1 saturated heterocycles. The zero-order chi connectivity index (χ0) is 10.9. The second-order valence-corrected chi connectivity index (χ2v) is 5.27. The Bertz CT molecular complexity index is 141. The third-order valence-electron chi connectivity index (χ3n) is 3.42. The summed E-state index contributed by atoms with van der Waals surface area (Å²) in [7, 11) is 0. The van der Waals surface area contributed by atoms with Crippen LogP contribution in [-0.4, -0.2) is 30.3 Å². The van der Waals surface area contributed by atoms with Crippen LogP contribution in [0, 0.1) is 5.92 Å². The monoisotopic (exact) mass is 229 g/mol. The van der Waals surface area contributed by atoms with Gasteiger partial charge in [0, 0.05) is 6.54 Å². The third-order valence-corrected chi connectivity index (χ3v) is 3.94. The van der Waals surface area contributed by atoms with Crippen molar-refractivity contribution in [3.8, 4) is 0 Å². The molecule has 2 heteroatoms. The van der Waals surface area contributed by atoms with Gasteiger partial charge in [-0.25, -0.2) is 0 Å². The highest BCUT2D eigenvalue weighted by Gasteiger charge is 2.13. The summed E-state index contributed by atoms with van der Waals surface area (Å²) in [4.78, 5) is 2.68. The van der Waals surface area contributed by atoms with Gasteiger partial charge < -0.3 is 4.90 Å². The Labute approximate surface area is 101 Å². The molecule has 0 aromatic rings. The summed E-state index contributed by atoms with van der Waals surface area (Å²) in [6.07, 6.45) is 9.81. The van der Waals surface area contributed by atoms with Crippen molar-refractivity contribution in [1.82, 2.24) is 4.90 Å². The second kappa shape index (κ2) is 8.46. The maximum Gasteiger partial charge on any atom is 0.00175 e. The fourth-order valence-corrected chi connectivity index (χ4v) is 2.81. The molecule has 0 aliphatic carbocycles. The minimum absolute atomic E-state index is 0.817. The van der Waals surface area contributed by atoms with E-state index in [1.54, 1.807) is 0 Å². The number of thiol groups is 1. The molecule has 1 atom stereocenters. The van der Waals surface area contributed by atoms with Crippen LogP contribution in [0.15, 0.2) is 0 Å². The summed E-state index contributed by atoms with van der Waals surface area (Å²) in [5.74, 6) is 1.88. The molecule has 1 rings (SSSR count). The van der Waals surface area contributed by atoms with Crippen LogP contribution < -0.4 is 0 Å². The molecule has 0 aromatic heterocycles. The number of rotatable bonds is 5. The molecule has 0 N–H and O–H groups in total. The Morgan fingerprint density at radius 2 is 1.67 bits per heavy atom. The molecule has 0 amide bonds. The van der Waals surface area contributed by atoms with Gasteiger partial charge in [0.15, 0.2) is 0 Å². The molecular weight excluding hydrogens is 202 g/mol. The summed E-state index contributed by atoms with van der Waals surface area (Å²) < 4.78 is 0. The highest BCUT2D eigenvalue weighted by atomic mass is 32.1. The van der Waals surface area contributed by atoms with Crippen LogP contribution in [0.3, 0.4) is 0 Å². The molecule has 1 nitrogen and oxygen atoms in total. The molecule has 0 bridgehead atoms. The van der Waals surface area contributed by atoms with Gasteiger partial charge in [-0.3, -0.25) is 0 Å². The maximum absolute atomic E-state index is 4.47. The van der Waals surface area contributed by atoms with E-state index in [1.165, 1.54) is 64.6 Å². The van der Waals surface area contributed by atoms with Gasteiger partial charge in [0.25, 0.3) is 0 Å². The average molecular weight is 229 g/mol. The lowest BCUT2D eigenvalue weighted by Crippen LogP contribution is -2.33. The van der Waals surface area contributed by atoms with Gasteiger partial charge in [-0.2, -0.15) is 12.6 Å². The van der Waals surface area contributed by atoms with E-state index in [2.05, 4.69) is 24.5 Å². The van der Waals surface area contributed by atoms with Crippen molar-refractivity contribution in [2.75, 3.05) is 25.4 Å². The summed E-state index contributed by atoms with van der Waals surface area (Å²) in [6, 6.07) is 0. The van der Waals surface area contributed by atoms with Crippen molar-refractivity contribution < 1.29 is 0 Å². The van der Waals surface area contributed by atoms with Crippen LogP contribution >= 0.6 is 12.6 Å². The van der Waals surface area contributed by atoms with Crippen LogP contribution in [0.25, 0.3) is 0 Å². The van der Waals surface area contributed by atoms with Crippen LogP contribution in [0.4, 0.5) is 0 Å². The van der Waals surface area contributed by atoms with Crippen LogP contribution in [0.5, 0.6) is 0 Å². The van der Waals surface area contributed by atoms with Gasteiger partial charge >= 0.3 is 0 Å². The highest BCUT2D eigenvalue weighted by Crippen LogP contribution is 2.15. The van der Waals surface area contributed by atoms with Gasteiger partial charge in [-0.15, -0.1) is 0 Å². The fraction of sp³-hybridized carbons (Fsp3) is 1.00. The molecule has 1 unspecified atom stereocenters. The topological polar surface area (TPSA) is 3.24 Å². The van der Waals surface area contributed by atoms with Crippen LogP contribution in [0.1, 0.15) is 51.9 Å². The Balaban J connectivity index is 2.26. The standard InChI is InChI=1S/C13H27NS/c1-2-8-13(12-15)11-14-9-6-4-3-5-7-10-14/h13,15H,2-12H2,1H3. The lowest BCUT2D eigenvalue weighted by atomic mass is 10.0. The zero-order valence-corrected chi connectivity index (χ0v) is 11.1. The molecule has 1 aliphatic heterocycles. The Morgan fingerprint density at radius 1 is 1.07 bits per heavy atom. The number of hydrogen-bond donors (Lipinski definition) is 1. The van der Waals surface area contributed by atoms with Crippen molar-refractivity contribution in [3.05, 3.63) is 0 Å². The first kappa shape index (κ1) is 13.4. The van der Waals surface area contributed by atoms with Crippen molar-refractivity contribution in [2.45, 2.75) is 51.9 Å². The SMILES string of the molecule is CCCC(CS)CN1CCCCCCC1. The zero-order valence-electron chi connectivity index (χ0n) is 10.2. The predicted octanol–water partition coefficient (Wildman–Crippen LogP) is 3.60. The van der Waals surface area contributed by atoms with Gasteiger partial charge in [0.1, 0.15) is 0 Å². The molecule has 1 heterocycles. The Morgan fingerprint density at radius 3 is 2.20 bits per heavy atom. The van der Waals surface area contributed by atoms with Gasteiger partial charge in [0.2, 0.25) is 0 Å². The molecule has 0 aromatic carbocycles. The van der Waals surface area contributed by atoms with Crippen molar-refractivity contribution in [3.63, 3.8) is 0 Å². The van der Waals surface area contributed by atoms with Gasteiger partial charge in [-0.05, 0) is 44.0 Å². The Hall–Kier alpha value is 0.310. The smallest absolute Gasteiger partial charge is 0.00175 e. The number of nitrogens with zero attached hydrogens (tertiary/aromatic N) is 1. The lowest BCUT2D eigenvalue weighted by Gasteiger charge is -2.28. The molecule has 90 valence electrons. The predicted molar refractivity (Wildman–Crippen MR) is 71.8 cm³/mol. The van der Waals surface area contributed by atoms with Gasteiger partial charge in [-0.1, -0.05) is 32.6 Å². The first-order chi connectivity index (χ1) is 7.36. The van der Waals surface area contributed by atoms with Crippen molar-refractivity contribution in [1.29, 1.82) is 0 Å². The molecular formula is C13H27NS. The van der Waals surface area contributed by atoms with Gasteiger partial charge in [0.05, 0.1) is 0 Å². The molecule has 0 spiro atoms. The van der Waals surface area contributed by atoms with E-state index in [4.69, 9.17) is 0 Å². The van der Waals surface area contributed by atoms with E-state index in [-0.39, 0.29) is 0 Å². The van der Waals surface area contributed by atoms with E-state index in [0.29, 0.717) is 0 Å². The minimum atomic E-state index is 0.817. The Kier molecular flexibility index (Phi) is 7.54. The quantitative estimate of drug-likeness (QED) is 0.705. The van der Waals surface area contributed by atoms with E-state index < -0.39 is 0 Å². The van der Waals surface area contributed by atoms with Crippen LogP contribution in [-0.2, 0) is 0 Å². The van der Waals surface area contributed by atoms with Crippen LogP contribution in [0.2, 0.25) is 0 Å². The van der Waals surface area contributed by atoms with E-state index in [0.717, 1.165) is 11.7 Å². The maximum atomic E-state index is 4.47. The summed E-state index contributed by atoms with van der Waals surface area (Å²) >= 11 is 4.47. The summed E-state index contributed by atoms with van der Waals surface area (Å²) in [6.45, 7) is 6.23. The highest BCUT2D eigenvalue weighted by molar-refractivity contribution is 7.80. The second-order valence-electron chi connectivity index (χ2n) is 4.91. The molecule has 1 aliphatic rings. The molecule has 1 fully saturated rings. The third kappa shape index (κ3) is 5.82. The normalized spacial score (nSPS) is 22.0. The minimum Gasteiger partial charge on any atom is -0.303 e. The number of likely N-dealkylation sites (tertiary alicyclic amines) is 1. The molecule has 15 heavy (non-hydrogen) atoms. The lowest BCUT2D eigenvalue weighted by molar-refractivity contribution is 0.214. The van der Waals surface area contributed by atoms with E-state index in [1.807, 2.05) is 0 Å². The largest absolute Gasteiger partial charge is 0.303 e. The fourth-order valence-electron chi connectivity index (χ4n) is 2.51.